The van der Waals surface area contributed by atoms with Crippen LogP contribution in [0.15, 0.2) is 65.7 Å². The molecule has 0 saturated heterocycles. The van der Waals surface area contributed by atoms with Crippen molar-refractivity contribution in [3.05, 3.63) is 77.4 Å². The predicted molar refractivity (Wildman–Crippen MR) is 119 cm³/mol. The number of alkyl halides is 2. The van der Waals surface area contributed by atoms with Crippen LogP contribution in [0, 0.1) is 0 Å². The van der Waals surface area contributed by atoms with E-state index in [-0.39, 0.29) is 18.1 Å². The van der Waals surface area contributed by atoms with E-state index in [0.717, 1.165) is 11.6 Å². The van der Waals surface area contributed by atoms with Gasteiger partial charge in [-0.3, -0.25) is 9.69 Å². The number of halogens is 4. The van der Waals surface area contributed by atoms with Crippen LogP contribution in [0.5, 0.6) is 5.75 Å². The summed E-state index contributed by atoms with van der Waals surface area (Å²) in [4.78, 5) is 18.9. The molecule has 1 aliphatic heterocycles. The molecular formula is C24H27F4N3O2. The van der Waals surface area contributed by atoms with Gasteiger partial charge < -0.3 is 10.5 Å². The van der Waals surface area contributed by atoms with Gasteiger partial charge in [0, 0.05) is 7.05 Å². The van der Waals surface area contributed by atoms with E-state index in [4.69, 9.17) is 5.73 Å². The molecule has 9 heteroatoms. The predicted octanol–water partition coefficient (Wildman–Crippen LogP) is 5.45. The monoisotopic (exact) mass is 465 g/mol. The van der Waals surface area contributed by atoms with Crippen molar-refractivity contribution >= 4 is 11.9 Å². The summed E-state index contributed by atoms with van der Waals surface area (Å²) in [6, 6.07) is 12.8. The van der Waals surface area contributed by atoms with Crippen molar-refractivity contribution in [1.82, 2.24) is 4.90 Å². The summed E-state index contributed by atoms with van der Waals surface area (Å²) >= 11 is 0. The van der Waals surface area contributed by atoms with Crippen LogP contribution in [0.2, 0.25) is 0 Å². The maximum absolute atomic E-state index is 13.2. The van der Waals surface area contributed by atoms with Gasteiger partial charge >= 0.3 is 6.61 Å². The summed E-state index contributed by atoms with van der Waals surface area (Å²) in [6.45, 7) is 1.03. The number of aliphatic imine (C=N–C) groups is 1. The van der Waals surface area contributed by atoms with E-state index < -0.39 is 24.1 Å². The topological polar surface area (TPSA) is 67.9 Å². The number of rotatable bonds is 8. The third-order valence-corrected chi connectivity index (χ3v) is 5.05. The van der Waals surface area contributed by atoms with Gasteiger partial charge in [-0.05, 0) is 54.2 Å². The molecule has 2 N–H and O–H groups in total. The number of carbonyl (C=O) groups is 1. The smallest absolute Gasteiger partial charge is 0.387 e. The highest BCUT2D eigenvalue weighted by atomic mass is 19.3. The molecule has 1 aliphatic rings. The zero-order chi connectivity index (χ0) is 24.6. The Morgan fingerprint density at radius 3 is 2.36 bits per heavy atom. The zero-order valence-corrected chi connectivity index (χ0v) is 18.7. The van der Waals surface area contributed by atoms with Crippen LogP contribution < -0.4 is 10.5 Å². The number of likely N-dealkylation sites (N-methyl/N-ethyl adjacent to an activating group) is 1. The standard InChI is InChI=1S/C22H21F4N3O2.C2H6/c1-29-19(30)22(28-21(29)27,15-9-11-17(12-10-15)31-20(25)26)16-7-4-6-14(13-16)5-2-3-8-18(23)24;1-2/h4,6-13,20H,2-3,5H2,1H3,(H2,27,28);1-2H3. The molecule has 5 nitrogen and oxygen atoms in total. The average molecular weight is 465 g/mol. The molecule has 0 aromatic heterocycles. The molecule has 0 bridgehead atoms. The molecule has 3 rings (SSSR count). The Balaban J connectivity index is 0.00000187. The van der Waals surface area contributed by atoms with Crippen LogP contribution in [0.1, 0.15) is 43.4 Å². The van der Waals surface area contributed by atoms with Crippen molar-refractivity contribution < 1.29 is 27.1 Å². The highest BCUT2D eigenvalue weighted by Crippen LogP contribution is 2.40. The van der Waals surface area contributed by atoms with E-state index in [9.17, 15) is 22.4 Å². The number of amides is 1. The minimum Gasteiger partial charge on any atom is -0.435 e. The molecule has 0 spiro atoms. The molecule has 2 aromatic carbocycles. The maximum Gasteiger partial charge on any atom is 0.387 e. The van der Waals surface area contributed by atoms with Gasteiger partial charge in [0.2, 0.25) is 0 Å². The Kier molecular flexibility index (Phi) is 9.02. The molecule has 0 saturated carbocycles. The lowest BCUT2D eigenvalue weighted by Crippen LogP contribution is -2.41. The summed E-state index contributed by atoms with van der Waals surface area (Å²) in [7, 11) is 1.50. The molecule has 2 aromatic rings. The second kappa shape index (κ2) is 11.5. The largest absolute Gasteiger partial charge is 0.435 e. The number of hydrogen-bond acceptors (Lipinski definition) is 4. The van der Waals surface area contributed by atoms with E-state index in [1.54, 1.807) is 18.2 Å². The second-order valence-electron chi connectivity index (χ2n) is 7.03. The molecule has 1 unspecified atom stereocenters. The number of allylic oxidation sites excluding steroid dienone is 1. The number of aryl methyl sites for hydroxylation is 1. The minimum absolute atomic E-state index is 0.0202. The molecule has 1 atom stereocenters. The summed E-state index contributed by atoms with van der Waals surface area (Å²) < 4.78 is 53.8. The van der Waals surface area contributed by atoms with Gasteiger partial charge in [-0.1, -0.05) is 50.2 Å². The van der Waals surface area contributed by atoms with Crippen molar-refractivity contribution in [3.63, 3.8) is 0 Å². The number of carbonyl (C=O) groups excluding carboxylic acids is 1. The molecule has 0 radical (unpaired) electrons. The zero-order valence-electron chi connectivity index (χ0n) is 18.7. The molecule has 178 valence electrons. The Morgan fingerprint density at radius 2 is 1.82 bits per heavy atom. The Hall–Kier alpha value is -3.36. The van der Waals surface area contributed by atoms with Gasteiger partial charge in [0.1, 0.15) is 5.75 Å². The molecule has 1 heterocycles. The summed E-state index contributed by atoms with van der Waals surface area (Å²) in [5, 5.41) is 0. The summed E-state index contributed by atoms with van der Waals surface area (Å²) in [6.07, 6.45) is 0.423. The third kappa shape index (κ3) is 5.91. The first kappa shape index (κ1) is 25.9. The quantitative estimate of drug-likeness (QED) is 0.417. The fraction of sp³-hybridized carbons (Fsp3) is 0.333. The van der Waals surface area contributed by atoms with Gasteiger partial charge in [-0.2, -0.15) is 17.6 Å². The van der Waals surface area contributed by atoms with Crippen LogP contribution >= 0.6 is 0 Å². The summed E-state index contributed by atoms with van der Waals surface area (Å²) in [5.74, 6) is -0.425. The molecule has 1 amide bonds. The third-order valence-electron chi connectivity index (χ3n) is 5.05. The average Bonchev–Trinajstić information content (AvgIpc) is 3.03. The first-order valence-electron chi connectivity index (χ1n) is 10.5. The van der Waals surface area contributed by atoms with Gasteiger partial charge in [-0.25, -0.2) is 4.99 Å². The Morgan fingerprint density at radius 1 is 1.15 bits per heavy atom. The van der Waals surface area contributed by atoms with Crippen LogP contribution in [0.25, 0.3) is 0 Å². The van der Waals surface area contributed by atoms with Gasteiger partial charge in [-0.15, -0.1) is 0 Å². The molecular weight excluding hydrogens is 438 g/mol. The lowest BCUT2D eigenvalue weighted by atomic mass is 9.82. The fourth-order valence-corrected chi connectivity index (χ4v) is 3.53. The van der Waals surface area contributed by atoms with Crippen molar-refractivity contribution in [3.8, 4) is 5.75 Å². The van der Waals surface area contributed by atoms with Crippen molar-refractivity contribution in [2.75, 3.05) is 7.05 Å². The number of nitrogens with two attached hydrogens (primary N) is 1. The Labute approximate surface area is 190 Å². The highest BCUT2D eigenvalue weighted by Gasteiger charge is 2.49. The van der Waals surface area contributed by atoms with E-state index in [1.165, 1.54) is 36.2 Å². The number of hydrogen-bond donors (Lipinski definition) is 1. The van der Waals surface area contributed by atoms with Crippen molar-refractivity contribution in [2.24, 2.45) is 10.7 Å². The SMILES string of the molecule is CC.CN1C(=O)C(c2ccc(OC(F)F)cc2)(c2cccc(CCCC=C(F)F)c2)N=C1N. The van der Waals surface area contributed by atoms with Crippen molar-refractivity contribution in [1.29, 1.82) is 0 Å². The number of ether oxygens (including phenoxy) is 1. The first-order chi connectivity index (χ1) is 15.7. The van der Waals surface area contributed by atoms with Crippen LogP contribution in [0.4, 0.5) is 17.6 Å². The first-order valence-corrected chi connectivity index (χ1v) is 10.5. The maximum atomic E-state index is 13.2. The van der Waals surface area contributed by atoms with Crippen molar-refractivity contribution in [2.45, 2.75) is 45.3 Å². The van der Waals surface area contributed by atoms with Crippen LogP contribution in [-0.4, -0.2) is 30.4 Å². The molecule has 0 aliphatic carbocycles. The van der Waals surface area contributed by atoms with E-state index in [1.807, 2.05) is 19.9 Å². The second-order valence-corrected chi connectivity index (χ2v) is 7.03. The minimum atomic E-state index is -2.97. The Bertz CT molecular complexity index is 1010. The number of guanidine groups is 1. The van der Waals surface area contributed by atoms with Gasteiger partial charge in [0.15, 0.2) is 11.5 Å². The van der Waals surface area contributed by atoms with Gasteiger partial charge in [0.25, 0.3) is 12.0 Å². The molecule has 33 heavy (non-hydrogen) atoms. The fourth-order valence-electron chi connectivity index (χ4n) is 3.53. The van der Waals surface area contributed by atoms with E-state index >= 15 is 0 Å². The van der Waals surface area contributed by atoms with E-state index in [2.05, 4.69) is 9.73 Å². The van der Waals surface area contributed by atoms with Crippen LogP contribution in [0.3, 0.4) is 0 Å². The molecule has 0 fully saturated rings. The van der Waals surface area contributed by atoms with E-state index in [0.29, 0.717) is 24.0 Å². The van der Waals surface area contributed by atoms with Gasteiger partial charge in [0.05, 0.1) is 0 Å². The number of unbranched alkanes of at least 4 members (excludes halogenated alkanes) is 1. The lowest BCUT2D eigenvalue weighted by Gasteiger charge is -2.26. The number of benzene rings is 2. The lowest BCUT2D eigenvalue weighted by molar-refractivity contribution is -0.129. The number of nitrogens with zero attached hydrogens (tertiary/aromatic N) is 2. The van der Waals surface area contributed by atoms with Crippen LogP contribution in [-0.2, 0) is 16.8 Å². The normalized spacial score (nSPS) is 17.4. The summed E-state index contributed by atoms with van der Waals surface area (Å²) in [5.41, 5.74) is 6.27. The highest BCUT2D eigenvalue weighted by molar-refractivity contribution is 6.08.